The van der Waals surface area contributed by atoms with Crippen molar-refractivity contribution in [1.82, 2.24) is 24.5 Å². The van der Waals surface area contributed by atoms with Crippen LogP contribution in [-0.2, 0) is 0 Å². The molecular weight excluding hydrogens is 429 g/mol. The van der Waals surface area contributed by atoms with Gasteiger partial charge in [0, 0.05) is 50.6 Å². The predicted octanol–water partition coefficient (Wildman–Crippen LogP) is 3.95. The lowest BCUT2D eigenvalue weighted by Crippen LogP contribution is -2.27. The van der Waals surface area contributed by atoms with Crippen LogP contribution in [0.5, 0.6) is 0 Å². The molecule has 2 aliphatic rings. The number of aromatic nitrogens is 4. The van der Waals surface area contributed by atoms with E-state index < -0.39 is 0 Å². The standard InChI is InChI=1S/C26H28FN7/c1-16-10-23(33-14-19-12-32(3)13-20(19)15-33)31-34-25(18-8-9-29-22(11-18)28-2)24(30-26(16)34)17-4-6-21(27)7-5-17/h4-11,19-20H,12-15H2,1-3H3,(H,28,29). The summed E-state index contributed by atoms with van der Waals surface area (Å²) in [5.41, 5.74) is 5.33. The van der Waals surface area contributed by atoms with Crippen molar-refractivity contribution in [3.8, 4) is 22.5 Å². The van der Waals surface area contributed by atoms with Crippen molar-refractivity contribution in [2.45, 2.75) is 6.92 Å². The Bertz CT molecular complexity index is 1350. The molecule has 4 aromatic rings. The van der Waals surface area contributed by atoms with E-state index in [9.17, 15) is 4.39 Å². The maximum atomic E-state index is 13.7. The molecule has 2 fully saturated rings. The van der Waals surface area contributed by atoms with E-state index in [1.54, 1.807) is 18.3 Å². The second-order valence-corrected chi connectivity index (χ2v) is 9.56. The van der Waals surface area contributed by atoms with Gasteiger partial charge in [0.25, 0.3) is 0 Å². The van der Waals surface area contributed by atoms with Gasteiger partial charge in [0.2, 0.25) is 0 Å². The monoisotopic (exact) mass is 457 g/mol. The lowest BCUT2D eigenvalue weighted by Gasteiger charge is -2.21. The summed E-state index contributed by atoms with van der Waals surface area (Å²) < 4.78 is 15.6. The lowest BCUT2D eigenvalue weighted by atomic mass is 10.0. The molecule has 0 radical (unpaired) electrons. The quantitative estimate of drug-likeness (QED) is 0.501. The number of hydrogen-bond acceptors (Lipinski definition) is 6. The van der Waals surface area contributed by atoms with Crippen LogP contribution < -0.4 is 10.2 Å². The fourth-order valence-corrected chi connectivity index (χ4v) is 5.51. The molecule has 7 nitrogen and oxygen atoms in total. The van der Waals surface area contributed by atoms with Gasteiger partial charge in [-0.15, -0.1) is 5.10 Å². The summed E-state index contributed by atoms with van der Waals surface area (Å²) in [6, 6.07) is 12.6. The Morgan fingerprint density at radius 1 is 0.971 bits per heavy atom. The third-order valence-corrected chi connectivity index (χ3v) is 7.16. The van der Waals surface area contributed by atoms with Gasteiger partial charge in [-0.25, -0.2) is 18.9 Å². The van der Waals surface area contributed by atoms with Crippen LogP contribution in [-0.4, -0.2) is 64.8 Å². The van der Waals surface area contributed by atoms with Crippen LogP contribution in [0, 0.1) is 24.6 Å². The van der Waals surface area contributed by atoms with Crippen molar-refractivity contribution >= 4 is 17.3 Å². The van der Waals surface area contributed by atoms with E-state index in [2.05, 4.69) is 40.1 Å². The van der Waals surface area contributed by atoms with E-state index in [4.69, 9.17) is 10.1 Å². The zero-order valence-corrected chi connectivity index (χ0v) is 19.7. The van der Waals surface area contributed by atoms with E-state index in [1.807, 2.05) is 23.7 Å². The van der Waals surface area contributed by atoms with Crippen molar-refractivity contribution in [2.75, 3.05) is 50.5 Å². The number of halogens is 1. The van der Waals surface area contributed by atoms with Crippen LogP contribution >= 0.6 is 0 Å². The first-order chi connectivity index (χ1) is 16.5. The molecule has 2 atom stereocenters. The maximum absolute atomic E-state index is 13.7. The number of nitrogens with zero attached hydrogens (tertiary/aromatic N) is 6. The topological polar surface area (TPSA) is 61.6 Å². The van der Waals surface area contributed by atoms with Gasteiger partial charge >= 0.3 is 0 Å². The van der Waals surface area contributed by atoms with Crippen LogP contribution in [0.1, 0.15) is 5.56 Å². The first-order valence-electron chi connectivity index (χ1n) is 11.7. The summed E-state index contributed by atoms with van der Waals surface area (Å²) in [6.07, 6.45) is 1.78. The average molecular weight is 458 g/mol. The molecular formula is C26H28FN7. The summed E-state index contributed by atoms with van der Waals surface area (Å²) in [5, 5.41) is 8.23. The van der Waals surface area contributed by atoms with Crippen LogP contribution in [0.15, 0.2) is 48.7 Å². The predicted molar refractivity (Wildman–Crippen MR) is 133 cm³/mol. The van der Waals surface area contributed by atoms with Crippen molar-refractivity contribution in [1.29, 1.82) is 0 Å². The lowest BCUT2D eigenvalue weighted by molar-refractivity contribution is 0.386. The molecule has 6 rings (SSSR count). The Morgan fingerprint density at radius 2 is 1.71 bits per heavy atom. The highest BCUT2D eigenvalue weighted by molar-refractivity contribution is 5.83. The third-order valence-electron chi connectivity index (χ3n) is 7.16. The SMILES string of the molecule is CNc1cc(-c2c(-c3ccc(F)cc3)nc3c(C)cc(N4CC5CN(C)CC5C4)nn23)ccn1. The molecule has 0 amide bonds. The van der Waals surface area contributed by atoms with Crippen molar-refractivity contribution in [3.63, 3.8) is 0 Å². The molecule has 2 saturated heterocycles. The second kappa shape index (κ2) is 8.06. The van der Waals surface area contributed by atoms with Crippen molar-refractivity contribution < 1.29 is 4.39 Å². The number of rotatable bonds is 4. The Hall–Kier alpha value is -3.52. The van der Waals surface area contributed by atoms with Gasteiger partial charge in [-0.05, 0) is 73.8 Å². The normalized spacial score (nSPS) is 20.3. The van der Waals surface area contributed by atoms with Gasteiger partial charge in [0.15, 0.2) is 5.65 Å². The van der Waals surface area contributed by atoms with Crippen LogP contribution in [0.2, 0.25) is 0 Å². The Kier molecular flexibility index (Phi) is 4.99. The summed E-state index contributed by atoms with van der Waals surface area (Å²) in [5.74, 6) is 2.87. The van der Waals surface area contributed by atoms with Gasteiger partial charge in [-0.1, -0.05) is 0 Å². The van der Waals surface area contributed by atoms with Gasteiger partial charge in [-0.2, -0.15) is 0 Å². The molecule has 1 N–H and O–H groups in total. The highest BCUT2D eigenvalue weighted by atomic mass is 19.1. The van der Waals surface area contributed by atoms with E-state index in [-0.39, 0.29) is 5.82 Å². The molecule has 174 valence electrons. The fraction of sp³-hybridized carbons (Fsp3) is 0.346. The van der Waals surface area contributed by atoms with Gasteiger partial charge in [-0.3, -0.25) is 0 Å². The molecule has 34 heavy (non-hydrogen) atoms. The molecule has 0 aliphatic carbocycles. The zero-order chi connectivity index (χ0) is 23.4. The summed E-state index contributed by atoms with van der Waals surface area (Å²) in [4.78, 5) is 14.2. The summed E-state index contributed by atoms with van der Waals surface area (Å²) >= 11 is 0. The minimum atomic E-state index is -0.266. The van der Waals surface area contributed by atoms with Gasteiger partial charge in [0.1, 0.15) is 23.1 Å². The number of fused-ring (bicyclic) bond motifs is 2. The maximum Gasteiger partial charge on any atom is 0.158 e. The average Bonchev–Trinajstić information content (AvgIpc) is 3.50. The molecule has 3 aromatic heterocycles. The highest BCUT2D eigenvalue weighted by Crippen LogP contribution is 2.37. The number of likely N-dealkylation sites (tertiary alicyclic amines) is 1. The Balaban J connectivity index is 1.52. The largest absolute Gasteiger partial charge is 0.373 e. The van der Waals surface area contributed by atoms with Crippen LogP contribution in [0.4, 0.5) is 16.0 Å². The Labute approximate surface area is 198 Å². The first-order valence-corrected chi connectivity index (χ1v) is 11.7. The molecule has 2 aliphatic heterocycles. The minimum absolute atomic E-state index is 0.266. The van der Waals surface area contributed by atoms with Gasteiger partial charge < -0.3 is 15.1 Å². The van der Waals surface area contributed by atoms with E-state index in [1.165, 1.54) is 12.1 Å². The summed E-state index contributed by atoms with van der Waals surface area (Å²) in [6.45, 7) is 6.44. The van der Waals surface area contributed by atoms with E-state index in [0.717, 1.165) is 71.5 Å². The van der Waals surface area contributed by atoms with Crippen LogP contribution in [0.25, 0.3) is 28.2 Å². The van der Waals surface area contributed by atoms with Crippen LogP contribution in [0.3, 0.4) is 0 Å². The van der Waals surface area contributed by atoms with E-state index >= 15 is 0 Å². The highest BCUT2D eigenvalue weighted by Gasteiger charge is 2.39. The molecule has 8 heteroatoms. The number of benzene rings is 1. The van der Waals surface area contributed by atoms with E-state index in [0.29, 0.717) is 11.8 Å². The molecule has 0 saturated carbocycles. The second-order valence-electron chi connectivity index (χ2n) is 9.56. The minimum Gasteiger partial charge on any atom is -0.373 e. The molecule has 2 unspecified atom stereocenters. The molecule has 1 aromatic carbocycles. The molecule has 0 spiro atoms. The van der Waals surface area contributed by atoms with Crippen molar-refractivity contribution in [3.05, 3.63) is 60.0 Å². The fourth-order valence-electron chi connectivity index (χ4n) is 5.51. The number of pyridine rings is 1. The third kappa shape index (κ3) is 3.49. The van der Waals surface area contributed by atoms with Crippen molar-refractivity contribution in [2.24, 2.45) is 11.8 Å². The number of anilines is 2. The number of imidazole rings is 1. The number of hydrogen-bond donors (Lipinski definition) is 1. The first kappa shape index (κ1) is 21.0. The number of aryl methyl sites for hydroxylation is 1. The molecule has 0 bridgehead atoms. The molecule has 5 heterocycles. The zero-order valence-electron chi connectivity index (χ0n) is 19.7. The smallest absolute Gasteiger partial charge is 0.158 e. The number of nitrogens with one attached hydrogen (secondary N) is 1. The van der Waals surface area contributed by atoms with Gasteiger partial charge in [0.05, 0.1) is 5.69 Å². The summed E-state index contributed by atoms with van der Waals surface area (Å²) in [7, 11) is 4.06. The Morgan fingerprint density at radius 3 is 2.41 bits per heavy atom.